The summed E-state index contributed by atoms with van der Waals surface area (Å²) in [6, 6.07) is 10.3. The minimum atomic E-state index is 0.174. The number of nitrogens with zero attached hydrogens (tertiary/aromatic N) is 2. The Labute approximate surface area is 107 Å². The Morgan fingerprint density at radius 2 is 2.06 bits per heavy atom. The molecular weight excluding hydrogens is 224 g/mol. The topological polar surface area (TPSA) is 37.0 Å². The van der Waals surface area contributed by atoms with Gasteiger partial charge in [0.05, 0.1) is 6.20 Å². The van der Waals surface area contributed by atoms with Crippen molar-refractivity contribution in [3.8, 4) is 0 Å². The van der Waals surface area contributed by atoms with E-state index in [1.54, 1.807) is 6.20 Å². The van der Waals surface area contributed by atoms with Gasteiger partial charge < -0.3 is 5.11 Å². The smallest absolute Gasteiger partial charge is 0.194 e. The quantitative estimate of drug-likeness (QED) is 0.811. The van der Waals surface area contributed by atoms with Crippen LogP contribution in [-0.4, -0.2) is 16.7 Å². The maximum atomic E-state index is 8.72. The van der Waals surface area contributed by atoms with Crippen LogP contribution < -0.4 is 4.57 Å². The van der Waals surface area contributed by atoms with Gasteiger partial charge in [-0.3, -0.25) is 0 Å². The molecule has 0 saturated carbocycles. The Hall–Kier alpha value is -2.00. The van der Waals surface area contributed by atoms with E-state index in [4.69, 9.17) is 5.11 Å². The Kier molecular flexibility index (Phi) is 4.61. The summed E-state index contributed by atoms with van der Waals surface area (Å²) >= 11 is 0. The van der Waals surface area contributed by atoms with Gasteiger partial charge in [-0.15, -0.1) is 0 Å². The van der Waals surface area contributed by atoms with Crippen LogP contribution in [0.15, 0.2) is 55.0 Å². The Morgan fingerprint density at radius 3 is 2.83 bits per heavy atom. The molecule has 0 radical (unpaired) electrons. The first-order chi connectivity index (χ1) is 8.88. The second-order valence-electron chi connectivity index (χ2n) is 4.05. The van der Waals surface area contributed by atoms with E-state index >= 15 is 0 Å². The normalized spacial score (nSPS) is 10.9. The highest BCUT2D eigenvalue weighted by Gasteiger charge is 2.02. The van der Waals surface area contributed by atoms with Crippen molar-refractivity contribution >= 4 is 6.08 Å². The number of aromatic nitrogens is 2. The third-order valence-corrected chi connectivity index (χ3v) is 2.57. The predicted octanol–water partition coefficient (Wildman–Crippen LogP) is 1.81. The lowest BCUT2D eigenvalue weighted by atomic mass is 10.2. The predicted molar refractivity (Wildman–Crippen MR) is 70.7 cm³/mol. The van der Waals surface area contributed by atoms with Gasteiger partial charge in [-0.25, -0.2) is 4.98 Å². The molecule has 0 spiro atoms. The van der Waals surface area contributed by atoms with Crippen LogP contribution in [0.4, 0.5) is 0 Å². The largest absolute Gasteiger partial charge is 0.396 e. The number of aliphatic hydroxyl groups is 1. The van der Waals surface area contributed by atoms with E-state index in [0.717, 1.165) is 12.2 Å². The fraction of sp³-hybridized carbons (Fsp3) is 0.200. The molecule has 0 saturated heterocycles. The SMILES string of the molecule is OCCC=Cc1c[n+](Cc2ccccc2)ccn1. The summed E-state index contributed by atoms with van der Waals surface area (Å²) in [7, 11) is 0. The average molecular weight is 241 g/mol. The van der Waals surface area contributed by atoms with Crippen LogP contribution in [0.25, 0.3) is 6.08 Å². The van der Waals surface area contributed by atoms with Crippen molar-refractivity contribution in [2.45, 2.75) is 13.0 Å². The first kappa shape index (κ1) is 12.5. The molecule has 0 bridgehead atoms. The van der Waals surface area contributed by atoms with E-state index in [9.17, 15) is 0 Å². The summed E-state index contributed by atoms with van der Waals surface area (Å²) in [6.45, 7) is 1.01. The highest BCUT2D eigenvalue weighted by atomic mass is 16.2. The van der Waals surface area contributed by atoms with Crippen LogP contribution in [0.3, 0.4) is 0 Å². The summed E-state index contributed by atoms with van der Waals surface area (Å²) in [5.74, 6) is 0. The van der Waals surface area contributed by atoms with Crippen molar-refractivity contribution in [2.75, 3.05) is 6.61 Å². The lowest BCUT2D eigenvalue weighted by Gasteiger charge is -1.98. The fourth-order valence-corrected chi connectivity index (χ4v) is 1.71. The lowest BCUT2D eigenvalue weighted by molar-refractivity contribution is -0.689. The van der Waals surface area contributed by atoms with E-state index in [1.807, 2.05) is 42.7 Å². The highest BCUT2D eigenvalue weighted by molar-refractivity contribution is 5.41. The molecule has 2 aromatic rings. The van der Waals surface area contributed by atoms with Crippen molar-refractivity contribution in [3.05, 3.63) is 66.3 Å². The van der Waals surface area contributed by atoms with Crippen LogP contribution in [-0.2, 0) is 6.54 Å². The summed E-state index contributed by atoms with van der Waals surface area (Å²) in [6.07, 6.45) is 10.3. The maximum absolute atomic E-state index is 8.72. The first-order valence-corrected chi connectivity index (χ1v) is 6.05. The van der Waals surface area contributed by atoms with Gasteiger partial charge >= 0.3 is 0 Å². The lowest BCUT2D eigenvalue weighted by Crippen LogP contribution is -2.33. The average Bonchev–Trinajstić information content (AvgIpc) is 2.41. The summed E-state index contributed by atoms with van der Waals surface area (Å²) in [5, 5.41) is 8.72. The van der Waals surface area contributed by atoms with Crippen molar-refractivity contribution in [1.82, 2.24) is 4.98 Å². The molecule has 0 atom stereocenters. The second-order valence-corrected chi connectivity index (χ2v) is 4.05. The third kappa shape index (κ3) is 3.79. The minimum absolute atomic E-state index is 0.174. The number of benzene rings is 1. The molecule has 0 fully saturated rings. The summed E-state index contributed by atoms with van der Waals surface area (Å²) in [5.41, 5.74) is 2.17. The standard InChI is InChI=1S/C15H17N2O/c18-11-5-4-8-15-13-17(10-9-16-15)12-14-6-2-1-3-7-14/h1-4,6-10,13,18H,5,11-12H2/q+1. The molecule has 18 heavy (non-hydrogen) atoms. The number of aliphatic hydroxyl groups excluding tert-OH is 1. The molecule has 3 nitrogen and oxygen atoms in total. The zero-order chi connectivity index (χ0) is 12.6. The maximum Gasteiger partial charge on any atom is 0.194 e. The van der Waals surface area contributed by atoms with E-state index in [2.05, 4.69) is 21.7 Å². The van der Waals surface area contributed by atoms with E-state index in [-0.39, 0.29) is 6.61 Å². The molecule has 0 aliphatic carbocycles. The molecule has 0 aliphatic heterocycles. The van der Waals surface area contributed by atoms with Crippen molar-refractivity contribution < 1.29 is 9.67 Å². The molecule has 3 heteroatoms. The minimum Gasteiger partial charge on any atom is -0.396 e. The molecule has 1 aromatic heterocycles. The summed E-state index contributed by atoms with van der Waals surface area (Å²) in [4.78, 5) is 4.26. The summed E-state index contributed by atoms with van der Waals surface area (Å²) < 4.78 is 2.10. The van der Waals surface area contributed by atoms with Crippen LogP contribution in [0, 0.1) is 0 Å². The Morgan fingerprint density at radius 1 is 1.22 bits per heavy atom. The molecule has 1 aromatic carbocycles. The third-order valence-electron chi connectivity index (χ3n) is 2.57. The van der Waals surface area contributed by atoms with Crippen LogP contribution in [0.5, 0.6) is 0 Å². The molecular formula is C15H17N2O+. The van der Waals surface area contributed by atoms with Crippen LogP contribution in [0.1, 0.15) is 17.7 Å². The highest BCUT2D eigenvalue weighted by Crippen LogP contribution is 1.99. The molecule has 0 unspecified atom stereocenters. The molecule has 2 rings (SSSR count). The van der Waals surface area contributed by atoms with Crippen molar-refractivity contribution in [1.29, 1.82) is 0 Å². The van der Waals surface area contributed by atoms with E-state index in [1.165, 1.54) is 5.56 Å². The Bertz CT molecular complexity index is 509. The molecule has 92 valence electrons. The van der Waals surface area contributed by atoms with Gasteiger partial charge in [-0.1, -0.05) is 36.4 Å². The molecule has 0 amide bonds. The molecule has 1 heterocycles. The van der Waals surface area contributed by atoms with Gasteiger partial charge in [0.25, 0.3) is 0 Å². The van der Waals surface area contributed by atoms with Gasteiger partial charge in [0.1, 0.15) is 5.69 Å². The van der Waals surface area contributed by atoms with E-state index < -0.39 is 0 Å². The second kappa shape index (κ2) is 6.67. The zero-order valence-electron chi connectivity index (χ0n) is 10.2. The van der Waals surface area contributed by atoms with E-state index in [0.29, 0.717) is 6.42 Å². The zero-order valence-corrected chi connectivity index (χ0v) is 10.2. The van der Waals surface area contributed by atoms with Gasteiger partial charge in [0, 0.05) is 12.2 Å². The number of hydrogen-bond donors (Lipinski definition) is 1. The molecule has 0 aliphatic rings. The molecule has 1 N–H and O–H groups in total. The first-order valence-electron chi connectivity index (χ1n) is 6.05. The van der Waals surface area contributed by atoms with Gasteiger partial charge in [0.15, 0.2) is 18.9 Å². The van der Waals surface area contributed by atoms with Crippen molar-refractivity contribution in [3.63, 3.8) is 0 Å². The number of rotatable bonds is 5. The van der Waals surface area contributed by atoms with Gasteiger partial charge in [-0.05, 0) is 12.5 Å². The van der Waals surface area contributed by atoms with Crippen molar-refractivity contribution in [2.24, 2.45) is 0 Å². The van der Waals surface area contributed by atoms with Gasteiger partial charge in [-0.2, -0.15) is 4.57 Å². The van der Waals surface area contributed by atoms with Crippen LogP contribution in [0.2, 0.25) is 0 Å². The number of hydrogen-bond acceptors (Lipinski definition) is 2. The van der Waals surface area contributed by atoms with Gasteiger partial charge in [0.2, 0.25) is 0 Å². The van der Waals surface area contributed by atoms with Crippen LogP contribution >= 0.6 is 0 Å². The Balaban J connectivity index is 2.08. The fourth-order valence-electron chi connectivity index (χ4n) is 1.71. The monoisotopic (exact) mass is 241 g/mol.